The fourth-order valence-electron chi connectivity index (χ4n) is 1.70. The Morgan fingerprint density at radius 2 is 2.38 bits per heavy atom. The monoisotopic (exact) mass is 300 g/mol. The quantitative estimate of drug-likeness (QED) is 0.850. The molecule has 0 aromatic carbocycles. The van der Waals surface area contributed by atoms with Crippen LogP contribution in [0.15, 0.2) is 29.9 Å². The van der Waals surface area contributed by atoms with Crippen molar-refractivity contribution in [3.8, 4) is 11.8 Å². The summed E-state index contributed by atoms with van der Waals surface area (Å²) in [7, 11) is 0. The maximum absolute atomic E-state index is 12.1. The Morgan fingerprint density at radius 1 is 1.52 bits per heavy atom. The van der Waals surface area contributed by atoms with Crippen molar-refractivity contribution >= 4 is 17.2 Å². The average molecular weight is 300 g/mol. The van der Waals surface area contributed by atoms with Gasteiger partial charge in [0.25, 0.3) is 5.91 Å². The summed E-state index contributed by atoms with van der Waals surface area (Å²) >= 11 is 1.43. The number of amides is 1. The molecular formula is C16H16N2O2S. The molecule has 0 bridgehead atoms. The van der Waals surface area contributed by atoms with Gasteiger partial charge in [-0.15, -0.1) is 11.3 Å². The van der Waals surface area contributed by atoms with Crippen molar-refractivity contribution in [2.75, 3.05) is 6.61 Å². The molecule has 21 heavy (non-hydrogen) atoms. The van der Waals surface area contributed by atoms with Gasteiger partial charge in [-0.25, -0.2) is 0 Å². The van der Waals surface area contributed by atoms with E-state index in [0.717, 1.165) is 16.0 Å². The Bertz CT molecular complexity index is 683. The van der Waals surface area contributed by atoms with Crippen LogP contribution in [0.3, 0.4) is 0 Å². The molecule has 0 aliphatic carbocycles. The zero-order valence-electron chi connectivity index (χ0n) is 11.7. The lowest BCUT2D eigenvalue weighted by Crippen LogP contribution is -2.22. The number of rotatable bonds is 4. The lowest BCUT2D eigenvalue weighted by molar-refractivity contribution is 0.0951. The Labute approximate surface area is 127 Å². The third kappa shape index (κ3) is 4.42. The van der Waals surface area contributed by atoms with Crippen LogP contribution < -0.4 is 5.32 Å². The van der Waals surface area contributed by atoms with Crippen molar-refractivity contribution in [1.82, 2.24) is 10.3 Å². The van der Waals surface area contributed by atoms with Crippen LogP contribution in [0, 0.1) is 18.8 Å². The summed E-state index contributed by atoms with van der Waals surface area (Å²) < 4.78 is 0. The van der Waals surface area contributed by atoms with Gasteiger partial charge in [-0.1, -0.05) is 11.8 Å². The summed E-state index contributed by atoms with van der Waals surface area (Å²) in [6, 6.07) is 3.67. The molecule has 2 rings (SSSR count). The smallest absolute Gasteiger partial charge is 0.252 e. The van der Waals surface area contributed by atoms with Crippen molar-refractivity contribution in [2.45, 2.75) is 19.9 Å². The molecule has 0 aliphatic heterocycles. The van der Waals surface area contributed by atoms with Crippen LogP contribution in [-0.4, -0.2) is 22.6 Å². The first-order chi connectivity index (χ1) is 10.2. The lowest BCUT2D eigenvalue weighted by Gasteiger charge is -2.06. The minimum atomic E-state index is -0.113. The molecule has 1 amide bonds. The summed E-state index contributed by atoms with van der Waals surface area (Å²) in [4.78, 5) is 16.9. The number of hydrogen-bond acceptors (Lipinski definition) is 4. The largest absolute Gasteiger partial charge is 0.395 e. The van der Waals surface area contributed by atoms with Gasteiger partial charge in [0.15, 0.2) is 0 Å². The normalized spacial score (nSPS) is 9.81. The maximum Gasteiger partial charge on any atom is 0.252 e. The number of aliphatic hydroxyl groups excluding tert-OH is 1. The highest BCUT2D eigenvalue weighted by Crippen LogP contribution is 2.14. The van der Waals surface area contributed by atoms with E-state index in [0.29, 0.717) is 18.5 Å². The van der Waals surface area contributed by atoms with Crippen molar-refractivity contribution in [3.63, 3.8) is 0 Å². The van der Waals surface area contributed by atoms with E-state index in [4.69, 9.17) is 5.11 Å². The van der Waals surface area contributed by atoms with Crippen molar-refractivity contribution in [1.29, 1.82) is 0 Å². The molecule has 2 aromatic heterocycles. The van der Waals surface area contributed by atoms with E-state index in [2.05, 4.69) is 22.1 Å². The average Bonchev–Trinajstić information content (AvgIpc) is 2.95. The van der Waals surface area contributed by atoms with Crippen LogP contribution in [0.25, 0.3) is 0 Å². The number of carbonyl (C=O) groups is 1. The summed E-state index contributed by atoms with van der Waals surface area (Å²) in [6.45, 7) is 2.50. The number of carbonyl (C=O) groups excluding carboxylic acids is 1. The second-order valence-electron chi connectivity index (χ2n) is 4.46. The van der Waals surface area contributed by atoms with Crippen LogP contribution >= 0.6 is 11.3 Å². The van der Waals surface area contributed by atoms with E-state index >= 15 is 0 Å². The van der Waals surface area contributed by atoms with Gasteiger partial charge in [-0.3, -0.25) is 9.78 Å². The Hall–Kier alpha value is -2.16. The summed E-state index contributed by atoms with van der Waals surface area (Å²) in [5.41, 5.74) is 2.72. The number of aliphatic hydroxyl groups is 1. The van der Waals surface area contributed by atoms with Gasteiger partial charge in [-0.2, -0.15) is 0 Å². The minimum Gasteiger partial charge on any atom is -0.395 e. The van der Waals surface area contributed by atoms with Crippen LogP contribution in [-0.2, 0) is 6.54 Å². The van der Waals surface area contributed by atoms with Crippen LogP contribution in [0.2, 0.25) is 0 Å². The lowest BCUT2D eigenvalue weighted by atomic mass is 10.1. The molecule has 0 unspecified atom stereocenters. The highest BCUT2D eigenvalue weighted by atomic mass is 32.1. The fraction of sp³-hybridized carbons (Fsp3) is 0.250. The molecule has 0 aliphatic rings. The van der Waals surface area contributed by atoms with Crippen LogP contribution in [0.4, 0.5) is 0 Å². The number of thiophene rings is 1. The van der Waals surface area contributed by atoms with E-state index in [-0.39, 0.29) is 12.5 Å². The molecule has 0 saturated carbocycles. The predicted molar refractivity (Wildman–Crippen MR) is 83.0 cm³/mol. The Morgan fingerprint density at radius 3 is 3.14 bits per heavy atom. The molecular weight excluding hydrogens is 284 g/mol. The first-order valence-electron chi connectivity index (χ1n) is 6.56. The molecule has 0 radical (unpaired) electrons. The molecule has 2 aromatic rings. The van der Waals surface area contributed by atoms with Gasteiger partial charge in [-0.05, 0) is 30.2 Å². The van der Waals surface area contributed by atoms with Gasteiger partial charge in [0.05, 0.1) is 17.0 Å². The third-order valence-corrected chi connectivity index (χ3v) is 3.73. The molecule has 2 N–H and O–H groups in total. The molecule has 0 fully saturated rings. The molecule has 0 saturated heterocycles. The van der Waals surface area contributed by atoms with E-state index in [9.17, 15) is 4.79 Å². The number of hydrogen-bond donors (Lipinski definition) is 2. The second kappa shape index (κ2) is 7.58. The van der Waals surface area contributed by atoms with E-state index in [1.54, 1.807) is 23.8 Å². The van der Waals surface area contributed by atoms with Crippen molar-refractivity contribution in [2.24, 2.45) is 0 Å². The van der Waals surface area contributed by atoms with Gasteiger partial charge in [0.1, 0.15) is 0 Å². The highest BCUT2D eigenvalue weighted by Gasteiger charge is 2.08. The molecule has 108 valence electrons. The first kappa shape index (κ1) is 15.2. The minimum absolute atomic E-state index is 0.0526. The Kier molecular flexibility index (Phi) is 5.50. The van der Waals surface area contributed by atoms with Crippen LogP contribution in [0.1, 0.15) is 32.8 Å². The summed E-state index contributed by atoms with van der Waals surface area (Å²) in [5, 5.41) is 13.3. The molecule has 2 heterocycles. The van der Waals surface area contributed by atoms with Gasteiger partial charge < -0.3 is 10.4 Å². The topological polar surface area (TPSA) is 62.2 Å². The SMILES string of the molecule is Cc1cnccc1CNC(=O)c1csc(C#CCCO)c1. The maximum atomic E-state index is 12.1. The number of pyridine rings is 1. The highest BCUT2D eigenvalue weighted by molar-refractivity contribution is 7.10. The summed E-state index contributed by atoms with van der Waals surface area (Å²) in [6.07, 6.45) is 3.94. The van der Waals surface area contributed by atoms with Crippen LogP contribution in [0.5, 0.6) is 0 Å². The molecule has 5 heteroatoms. The number of aryl methyl sites for hydroxylation is 1. The molecule has 4 nitrogen and oxygen atoms in total. The molecule has 0 spiro atoms. The number of nitrogens with zero attached hydrogens (tertiary/aromatic N) is 1. The van der Waals surface area contributed by atoms with Crippen molar-refractivity contribution < 1.29 is 9.90 Å². The Balaban J connectivity index is 1.95. The fourth-order valence-corrected chi connectivity index (χ4v) is 2.46. The van der Waals surface area contributed by atoms with Crippen molar-refractivity contribution in [3.05, 3.63) is 51.5 Å². The van der Waals surface area contributed by atoms with Gasteiger partial charge >= 0.3 is 0 Å². The predicted octanol–water partition coefficient (Wildman–Crippen LogP) is 2.12. The first-order valence-corrected chi connectivity index (χ1v) is 7.44. The van der Waals surface area contributed by atoms with E-state index < -0.39 is 0 Å². The van der Waals surface area contributed by atoms with Gasteiger partial charge in [0.2, 0.25) is 0 Å². The number of aromatic nitrogens is 1. The van der Waals surface area contributed by atoms with E-state index in [1.165, 1.54) is 11.3 Å². The van der Waals surface area contributed by atoms with E-state index in [1.807, 2.05) is 13.0 Å². The summed E-state index contributed by atoms with van der Waals surface area (Å²) in [5.74, 6) is 5.65. The number of nitrogens with one attached hydrogen (secondary N) is 1. The molecule has 0 atom stereocenters. The third-order valence-electron chi connectivity index (χ3n) is 2.89. The standard InChI is InChI=1S/C16H16N2O2S/c1-12-9-17-6-5-13(12)10-18-16(20)14-8-15(21-11-14)4-2-3-7-19/h5-6,8-9,11,19H,3,7,10H2,1H3,(H,18,20). The zero-order valence-corrected chi connectivity index (χ0v) is 12.5. The zero-order chi connectivity index (χ0) is 15.1. The van der Waals surface area contributed by atoms with Gasteiger partial charge in [0, 0.05) is 30.7 Å². The second-order valence-corrected chi connectivity index (χ2v) is 5.37.